The Morgan fingerprint density at radius 2 is 2.06 bits per heavy atom. The van der Waals surface area contributed by atoms with Gasteiger partial charge in [-0.15, -0.1) is 0 Å². The largest absolute Gasteiger partial charge is 0.330 e. The smallest absolute Gasteiger partial charge is 0.0951 e. The van der Waals surface area contributed by atoms with Gasteiger partial charge >= 0.3 is 0 Å². The van der Waals surface area contributed by atoms with Crippen LogP contribution in [0.25, 0.3) is 0 Å². The lowest BCUT2D eigenvalue weighted by atomic mass is 10.1. The lowest BCUT2D eigenvalue weighted by molar-refractivity contribution is 0.453. The summed E-state index contributed by atoms with van der Waals surface area (Å²) < 4.78 is 2.22. The van der Waals surface area contributed by atoms with Crippen LogP contribution in [0.5, 0.6) is 0 Å². The van der Waals surface area contributed by atoms with E-state index < -0.39 is 0 Å². The molecular formula is C13H25N3. The number of unbranched alkanes of at least 4 members (excludes halogenated alkanes) is 3. The molecule has 0 fully saturated rings. The monoisotopic (exact) mass is 223 g/mol. The van der Waals surface area contributed by atoms with Crippen molar-refractivity contribution in [3.05, 3.63) is 18.2 Å². The van der Waals surface area contributed by atoms with Gasteiger partial charge in [-0.3, -0.25) is 0 Å². The van der Waals surface area contributed by atoms with Crippen LogP contribution in [-0.4, -0.2) is 9.55 Å². The predicted molar refractivity (Wildman–Crippen MR) is 68.3 cm³/mol. The molecule has 0 aromatic carbocycles. The Morgan fingerprint density at radius 3 is 2.69 bits per heavy atom. The van der Waals surface area contributed by atoms with E-state index in [2.05, 4.69) is 23.4 Å². The third-order valence-corrected chi connectivity index (χ3v) is 3.11. The third kappa shape index (κ3) is 3.63. The quantitative estimate of drug-likeness (QED) is 0.720. The van der Waals surface area contributed by atoms with E-state index in [-0.39, 0.29) is 6.04 Å². The van der Waals surface area contributed by atoms with Crippen molar-refractivity contribution in [3.8, 4) is 0 Å². The number of imidazole rings is 1. The Bertz CT molecular complexity index is 291. The summed E-state index contributed by atoms with van der Waals surface area (Å²) in [4.78, 5) is 4.19. The molecule has 0 aliphatic rings. The summed E-state index contributed by atoms with van der Waals surface area (Å²) >= 11 is 0. The first-order chi connectivity index (χ1) is 7.66. The summed E-state index contributed by atoms with van der Waals surface area (Å²) in [6.45, 7) is 6.50. The highest BCUT2D eigenvalue weighted by Crippen LogP contribution is 2.20. The number of nitrogens with two attached hydrogens (primary N) is 1. The summed E-state index contributed by atoms with van der Waals surface area (Å²) in [5.74, 6) is 0. The minimum atomic E-state index is 0.0700. The maximum Gasteiger partial charge on any atom is 0.0951 e. The number of hydrogen-bond acceptors (Lipinski definition) is 2. The van der Waals surface area contributed by atoms with Crippen molar-refractivity contribution in [1.82, 2.24) is 9.55 Å². The molecule has 0 aliphatic heterocycles. The molecule has 0 saturated heterocycles. The Labute approximate surface area is 99.1 Å². The molecule has 2 N–H and O–H groups in total. The molecule has 3 nitrogen and oxygen atoms in total. The SMILES string of the molecule is CCCCCCC(C)n1cncc1[C@H](C)N. The fourth-order valence-corrected chi connectivity index (χ4v) is 2.04. The zero-order valence-electron chi connectivity index (χ0n) is 10.8. The molecule has 1 aromatic heterocycles. The van der Waals surface area contributed by atoms with Crippen molar-refractivity contribution in [2.24, 2.45) is 5.73 Å². The van der Waals surface area contributed by atoms with Crippen molar-refractivity contribution in [3.63, 3.8) is 0 Å². The van der Waals surface area contributed by atoms with Gasteiger partial charge in [0.2, 0.25) is 0 Å². The van der Waals surface area contributed by atoms with Gasteiger partial charge in [0, 0.05) is 18.3 Å². The average molecular weight is 223 g/mol. The number of nitrogens with zero attached hydrogens (tertiary/aromatic N) is 2. The number of rotatable bonds is 7. The maximum atomic E-state index is 5.91. The maximum absolute atomic E-state index is 5.91. The lowest BCUT2D eigenvalue weighted by Crippen LogP contribution is -2.14. The molecule has 92 valence electrons. The zero-order valence-corrected chi connectivity index (χ0v) is 10.8. The molecule has 1 unspecified atom stereocenters. The fraction of sp³-hybridized carbons (Fsp3) is 0.769. The number of aromatic nitrogens is 2. The van der Waals surface area contributed by atoms with Crippen molar-refractivity contribution >= 4 is 0 Å². The minimum absolute atomic E-state index is 0.0700. The molecule has 0 radical (unpaired) electrons. The fourth-order valence-electron chi connectivity index (χ4n) is 2.04. The molecule has 2 atom stereocenters. The van der Waals surface area contributed by atoms with Crippen LogP contribution in [0.4, 0.5) is 0 Å². The van der Waals surface area contributed by atoms with E-state index in [0.717, 1.165) is 5.69 Å². The van der Waals surface area contributed by atoms with E-state index in [9.17, 15) is 0 Å². The third-order valence-electron chi connectivity index (χ3n) is 3.11. The molecule has 0 saturated carbocycles. The molecule has 1 rings (SSSR count). The second-order valence-corrected chi connectivity index (χ2v) is 4.71. The van der Waals surface area contributed by atoms with Gasteiger partial charge in [-0.1, -0.05) is 32.6 Å². The Kier molecular flexibility index (Phi) is 5.53. The van der Waals surface area contributed by atoms with Crippen molar-refractivity contribution in [1.29, 1.82) is 0 Å². The highest BCUT2D eigenvalue weighted by molar-refractivity contribution is 5.04. The summed E-state index contributed by atoms with van der Waals surface area (Å²) in [5, 5.41) is 0. The van der Waals surface area contributed by atoms with Crippen LogP contribution >= 0.6 is 0 Å². The van der Waals surface area contributed by atoms with Gasteiger partial charge in [-0.05, 0) is 20.3 Å². The van der Waals surface area contributed by atoms with E-state index in [4.69, 9.17) is 5.73 Å². The summed E-state index contributed by atoms with van der Waals surface area (Å²) in [7, 11) is 0. The van der Waals surface area contributed by atoms with E-state index in [1.165, 1.54) is 32.1 Å². The first-order valence-corrected chi connectivity index (χ1v) is 6.44. The standard InChI is InChI=1S/C13H25N3/c1-4-5-6-7-8-11(2)16-10-15-9-13(16)12(3)14/h9-12H,4-8,14H2,1-3H3/t11?,12-/m0/s1. The van der Waals surface area contributed by atoms with Crippen LogP contribution in [0.15, 0.2) is 12.5 Å². The molecular weight excluding hydrogens is 198 g/mol. The molecule has 0 amide bonds. The molecule has 0 aliphatic carbocycles. The second-order valence-electron chi connectivity index (χ2n) is 4.71. The van der Waals surface area contributed by atoms with Gasteiger partial charge in [0.15, 0.2) is 0 Å². The van der Waals surface area contributed by atoms with Gasteiger partial charge in [0.25, 0.3) is 0 Å². The van der Waals surface area contributed by atoms with E-state index in [0.29, 0.717) is 6.04 Å². The lowest BCUT2D eigenvalue weighted by Gasteiger charge is -2.18. The second kappa shape index (κ2) is 6.69. The Balaban J connectivity index is 2.46. The van der Waals surface area contributed by atoms with Crippen molar-refractivity contribution in [2.75, 3.05) is 0 Å². The summed E-state index contributed by atoms with van der Waals surface area (Å²) in [6.07, 6.45) is 10.3. The first-order valence-electron chi connectivity index (χ1n) is 6.44. The topological polar surface area (TPSA) is 43.8 Å². The van der Waals surface area contributed by atoms with Crippen LogP contribution in [0.3, 0.4) is 0 Å². The van der Waals surface area contributed by atoms with Crippen LogP contribution in [0.1, 0.15) is 70.7 Å². The molecule has 0 bridgehead atoms. The molecule has 1 heterocycles. The van der Waals surface area contributed by atoms with Crippen molar-refractivity contribution < 1.29 is 0 Å². The zero-order chi connectivity index (χ0) is 12.0. The molecule has 3 heteroatoms. The summed E-state index contributed by atoms with van der Waals surface area (Å²) in [5.41, 5.74) is 7.05. The highest BCUT2D eigenvalue weighted by Gasteiger charge is 2.11. The Morgan fingerprint density at radius 1 is 1.31 bits per heavy atom. The van der Waals surface area contributed by atoms with Gasteiger partial charge < -0.3 is 10.3 Å². The normalized spacial score (nSPS) is 15.0. The van der Waals surface area contributed by atoms with E-state index >= 15 is 0 Å². The molecule has 16 heavy (non-hydrogen) atoms. The average Bonchev–Trinajstić information content (AvgIpc) is 2.73. The molecule has 1 aromatic rings. The van der Waals surface area contributed by atoms with Gasteiger partial charge in [-0.2, -0.15) is 0 Å². The van der Waals surface area contributed by atoms with Crippen molar-refractivity contribution in [2.45, 2.75) is 65.0 Å². The number of hydrogen-bond donors (Lipinski definition) is 1. The van der Waals surface area contributed by atoms with E-state index in [1.54, 1.807) is 0 Å². The predicted octanol–water partition coefficient (Wildman–Crippen LogP) is 3.43. The highest BCUT2D eigenvalue weighted by atomic mass is 15.1. The van der Waals surface area contributed by atoms with E-state index in [1.807, 2.05) is 19.4 Å². The van der Waals surface area contributed by atoms with Crippen LogP contribution < -0.4 is 5.73 Å². The van der Waals surface area contributed by atoms with Crippen LogP contribution in [-0.2, 0) is 0 Å². The van der Waals surface area contributed by atoms with Gasteiger partial charge in [0.1, 0.15) is 0 Å². The van der Waals surface area contributed by atoms with Gasteiger partial charge in [-0.25, -0.2) is 4.98 Å². The Hall–Kier alpha value is -0.830. The molecule has 0 spiro atoms. The van der Waals surface area contributed by atoms with Crippen LogP contribution in [0.2, 0.25) is 0 Å². The minimum Gasteiger partial charge on any atom is -0.330 e. The van der Waals surface area contributed by atoms with Gasteiger partial charge in [0.05, 0.1) is 12.0 Å². The van der Waals surface area contributed by atoms with Crippen LogP contribution in [0, 0.1) is 0 Å². The summed E-state index contributed by atoms with van der Waals surface area (Å²) in [6, 6.07) is 0.584. The first kappa shape index (κ1) is 13.2.